The summed E-state index contributed by atoms with van der Waals surface area (Å²) < 4.78 is 13.7. The Balaban J connectivity index is 1.75. The van der Waals surface area contributed by atoms with Crippen LogP contribution < -0.4 is 15.2 Å². The summed E-state index contributed by atoms with van der Waals surface area (Å²) in [5.74, 6) is 2.06. The molecule has 0 spiro atoms. The van der Waals surface area contributed by atoms with E-state index >= 15 is 0 Å². The highest BCUT2D eigenvalue weighted by Gasteiger charge is 2.15. The number of benzene rings is 2. The van der Waals surface area contributed by atoms with Crippen molar-refractivity contribution < 1.29 is 9.47 Å². The first-order valence-electron chi connectivity index (χ1n) is 6.50. The second-order valence-corrected chi connectivity index (χ2v) is 5.79. The number of anilines is 1. The third kappa shape index (κ3) is 2.12. The van der Waals surface area contributed by atoms with Crippen molar-refractivity contribution in [3.63, 3.8) is 0 Å². The average molecular weight is 346 g/mol. The lowest BCUT2D eigenvalue weighted by Crippen LogP contribution is -2.04. The molecule has 0 bridgehead atoms. The van der Waals surface area contributed by atoms with Gasteiger partial charge in [-0.1, -0.05) is 22.0 Å². The van der Waals surface area contributed by atoms with Crippen LogP contribution in [-0.4, -0.2) is 16.3 Å². The van der Waals surface area contributed by atoms with Crippen molar-refractivity contribution >= 4 is 32.9 Å². The zero-order chi connectivity index (χ0) is 14.4. The predicted molar refractivity (Wildman–Crippen MR) is 83.5 cm³/mol. The molecule has 1 aliphatic rings. The molecule has 21 heavy (non-hydrogen) atoms. The number of fused-ring (bicyclic) bond motifs is 2. The fourth-order valence-corrected chi connectivity index (χ4v) is 2.86. The van der Waals surface area contributed by atoms with Crippen molar-refractivity contribution in [2.24, 2.45) is 0 Å². The van der Waals surface area contributed by atoms with E-state index in [1.807, 2.05) is 41.0 Å². The van der Waals surface area contributed by atoms with Gasteiger partial charge in [0.15, 0.2) is 11.5 Å². The van der Waals surface area contributed by atoms with Crippen LogP contribution >= 0.6 is 15.9 Å². The summed E-state index contributed by atoms with van der Waals surface area (Å²) in [4.78, 5) is 4.40. The van der Waals surface area contributed by atoms with Crippen LogP contribution in [0, 0.1) is 0 Å². The van der Waals surface area contributed by atoms with Crippen molar-refractivity contribution in [1.82, 2.24) is 9.55 Å². The van der Waals surface area contributed by atoms with Gasteiger partial charge in [0.2, 0.25) is 12.7 Å². The van der Waals surface area contributed by atoms with Gasteiger partial charge in [0, 0.05) is 4.47 Å². The highest BCUT2D eigenvalue weighted by Crippen LogP contribution is 2.33. The maximum absolute atomic E-state index is 6.04. The molecule has 106 valence electrons. The molecule has 0 atom stereocenters. The summed E-state index contributed by atoms with van der Waals surface area (Å²) in [6, 6.07) is 11.9. The molecule has 0 saturated carbocycles. The molecule has 0 unspecified atom stereocenters. The van der Waals surface area contributed by atoms with Crippen molar-refractivity contribution in [2.45, 2.75) is 6.54 Å². The minimum absolute atomic E-state index is 0.281. The summed E-state index contributed by atoms with van der Waals surface area (Å²) in [5, 5.41) is 0. The molecular formula is C15H12BrN3O2. The second-order valence-electron chi connectivity index (χ2n) is 4.88. The third-order valence-corrected chi connectivity index (χ3v) is 4.01. The summed E-state index contributed by atoms with van der Waals surface area (Å²) in [6.07, 6.45) is 0. The first kappa shape index (κ1) is 12.5. The molecule has 0 aliphatic carbocycles. The highest BCUT2D eigenvalue weighted by molar-refractivity contribution is 9.10. The Bertz CT molecular complexity index is 844. The molecule has 0 radical (unpaired) electrons. The van der Waals surface area contributed by atoms with Crippen LogP contribution in [0.5, 0.6) is 11.5 Å². The van der Waals surface area contributed by atoms with Gasteiger partial charge in [0.1, 0.15) is 0 Å². The minimum Gasteiger partial charge on any atom is -0.454 e. The van der Waals surface area contributed by atoms with Crippen molar-refractivity contribution in [2.75, 3.05) is 12.5 Å². The van der Waals surface area contributed by atoms with Gasteiger partial charge < -0.3 is 19.8 Å². The number of hydrogen-bond donors (Lipinski definition) is 1. The Labute approximate surface area is 129 Å². The Hall–Kier alpha value is -2.21. The van der Waals surface area contributed by atoms with Crippen LogP contribution in [0.15, 0.2) is 40.9 Å². The topological polar surface area (TPSA) is 62.3 Å². The minimum atomic E-state index is 0.281. The number of nitrogen functional groups attached to an aromatic ring is 1. The van der Waals surface area contributed by atoms with Crippen LogP contribution in [0.2, 0.25) is 0 Å². The van der Waals surface area contributed by atoms with Crippen LogP contribution in [0.1, 0.15) is 5.56 Å². The van der Waals surface area contributed by atoms with Gasteiger partial charge in [-0.15, -0.1) is 0 Å². The van der Waals surface area contributed by atoms with Gasteiger partial charge in [-0.2, -0.15) is 0 Å². The standard InChI is InChI=1S/C15H12BrN3O2/c16-10-2-3-12-11(6-10)18-15(17)19(12)7-9-1-4-13-14(5-9)21-8-20-13/h1-6H,7-8H2,(H2,17,18). The van der Waals surface area contributed by atoms with E-state index in [2.05, 4.69) is 20.9 Å². The zero-order valence-electron chi connectivity index (χ0n) is 11.0. The number of rotatable bonds is 2. The van der Waals surface area contributed by atoms with E-state index in [1.54, 1.807) is 0 Å². The van der Waals surface area contributed by atoms with E-state index < -0.39 is 0 Å². The number of aromatic nitrogens is 2. The Morgan fingerprint density at radius 3 is 2.90 bits per heavy atom. The van der Waals surface area contributed by atoms with E-state index in [4.69, 9.17) is 15.2 Å². The highest BCUT2D eigenvalue weighted by atomic mass is 79.9. The number of nitrogens with zero attached hydrogens (tertiary/aromatic N) is 2. The number of hydrogen-bond acceptors (Lipinski definition) is 4. The summed E-state index contributed by atoms with van der Waals surface area (Å²) in [6.45, 7) is 0.920. The fourth-order valence-electron chi connectivity index (χ4n) is 2.51. The molecule has 2 aromatic carbocycles. The van der Waals surface area contributed by atoms with Gasteiger partial charge in [0.25, 0.3) is 0 Å². The van der Waals surface area contributed by atoms with E-state index in [0.717, 1.165) is 32.6 Å². The molecule has 2 N–H and O–H groups in total. The molecule has 1 aromatic heterocycles. The van der Waals surface area contributed by atoms with Gasteiger partial charge in [-0.3, -0.25) is 0 Å². The molecule has 1 aliphatic heterocycles. The van der Waals surface area contributed by atoms with Crippen LogP contribution in [-0.2, 0) is 6.54 Å². The Morgan fingerprint density at radius 1 is 1.14 bits per heavy atom. The summed E-state index contributed by atoms with van der Waals surface area (Å²) in [5.41, 5.74) is 9.02. The molecule has 4 rings (SSSR count). The van der Waals surface area contributed by atoms with E-state index in [1.165, 1.54) is 0 Å². The monoisotopic (exact) mass is 345 g/mol. The molecule has 5 nitrogen and oxygen atoms in total. The maximum atomic E-state index is 6.04. The first-order chi connectivity index (χ1) is 10.2. The second kappa shape index (κ2) is 4.66. The van der Waals surface area contributed by atoms with Crippen molar-refractivity contribution in [3.05, 3.63) is 46.4 Å². The summed E-state index contributed by atoms with van der Waals surface area (Å²) >= 11 is 3.45. The van der Waals surface area contributed by atoms with Crippen molar-refractivity contribution in [1.29, 1.82) is 0 Å². The largest absolute Gasteiger partial charge is 0.454 e. The number of ether oxygens (including phenoxy) is 2. The lowest BCUT2D eigenvalue weighted by Gasteiger charge is -2.07. The van der Waals surface area contributed by atoms with Crippen LogP contribution in [0.25, 0.3) is 11.0 Å². The normalized spacial score (nSPS) is 13.0. The molecule has 3 aromatic rings. The Morgan fingerprint density at radius 2 is 2.00 bits per heavy atom. The molecule has 0 fully saturated rings. The zero-order valence-corrected chi connectivity index (χ0v) is 12.6. The van der Waals surface area contributed by atoms with E-state index in [0.29, 0.717) is 12.5 Å². The molecular weight excluding hydrogens is 334 g/mol. The third-order valence-electron chi connectivity index (χ3n) is 3.52. The van der Waals surface area contributed by atoms with Crippen LogP contribution in [0.3, 0.4) is 0 Å². The fraction of sp³-hybridized carbons (Fsp3) is 0.133. The smallest absolute Gasteiger partial charge is 0.231 e. The molecule has 2 heterocycles. The van der Waals surface area contributed by atoms with Crippen molar-refractivity contribution in [3.8, 4) is 11.5 Å². The van der Waals surface area contributed by atoms with E-state index in [9.17, 15) is 0 Å². The van der Waals surface area contributed by atoms with Gasteiger partial charge in [0.05, 0.1) is 17.6 Å². The SMILES string of the molecule is Nc1nc2cc(Br)ccc2n1Cc1ccc2c(c1)OCO2. The quantitative estimate of drug-likeness (QED) is 0.774. The van der Waals surface area contributed by atoms with Gasteiger partial charge in [-0.25, -0.2) is 4.98 Å². The predicted octanol–water partition coefficient (Wildman–Crippen LogP) is 3.16. The number of halogens is 1. The van der Waals surface area contributed by atoms with Gasteiger partial charge in [-0.05, 0) is 35.9 Å². The average Bonchev–Trinajstić information content (AvgIpc) is 3.03. The maximum Gasteiger partial charge on any atom is 0.231 e. The summed E-state index contributed by atoms with van der Waals surface area (Å²) in [7, 11) is 0. The molecule has 0 amide bonds. The lowest BCUT2D eigenvalue weighted by atomic mass is 10.2. The number of imidazole rings is 1. The molecule has 6 heteroatoms. The van der Waals surface area contributed by atoms with Crippen LogP contribution in [0.4, 0.5) is 5.95 Å². The first-order valence-corrected chi connectivity index (χ1v) is 7.30. The van der Waals surface area contributed by atoms with E-state index in [-0.39, 0.29) is 6.79 Å². The molecule has 0 saturated heterocycles. The Kier molecular flexibility index (Phi) is 2.78. The lowest BCUT2D eigenvalue weighted by molar-refractivity contribution is 0.174. The number of nitrogens with two attached hydrogens (primary N) is 1. The van der Waals surface area contributed by atoms with Gasteiger partial charge >= 0.3 is 0 Å².